The Morgan fingerprint density at radius 1 is 0.674 bits per heavy atom. The van der Waals surface area contributed by atoms with E-state index in [1.807, 2.05) is 0 Å². The number of carbonyl (C=O) groups excluding carboxylic acids is 1. The lowest BCUT2D eigenvalue weighted by Gasteiger charge is -2.22. The average Bonchev–Trinajstić information content (AvgIpc) is 3.58. The van der Waals surface area contributed by atoms with Gasteiger partial charge in [-0.3, -0.25) is 0 Å². The van der Waals surface area contributed by atoms with Crippen LogP contribution < -0.4 is 0 Å². The van der Waals surface area contributed by atoms with Gasteiger partial charge in [0.15, 0.2) is 0 Å². The van der Waals surface area contributed by atoms with Crippen molar-refractivity contribution in [1.29, 1.82) is 0 Å². The van der Waals surface area contributed by atoms with Crippen molar-refractivity contribution in [2.24, 2.45) is 0 Å². The molecule has 43 heavy (non-hydrogen) atoms. The molecule has 1 saturated heterocycles. The van der Waals surface area contributed by atoms with Gasteiger partial charge in [0.05, 0.1) is 42.7 Å². The van der Waals surface area contributed by atoms with Crippen LogP contribution in [0.5, 0.6) is 0 Å². The average molecular weight is 613 g/mol. The number of hydrogen-bond donors (Lipinski definition) is 5. The topological polar surface area (TPSA) is 137 Å². The first kappa shape index (κ1) is 38.2. The van der Waals surface area contributed by atoms with Gasteiger partial charge in [0.1, 0.15) is 6.10 Å². The molecule has 2 heterocycles. The molecule has 0 saturated carbocycles. The Morgan fingerprint density at radius 2 is 1.14 bits per heavy atom. The molecule has 252 valence electrons. The van der Waals surface area contributed by atoms with Crippen molar-refractivity contribution in [1.82, 2.24) is 0 Å². The third-order valence-corrected chi connectivity index (χ3v) is 9.15. The van der Waals surface area contributed by atoms with Crippen LogP contribution in [0.1, 0.15) is 155 Å². The summed E-state index contributed by atoms with van der Waals surface area (Å²) in [6, 6.07) is 0. The number of carbonyl (C=O) groups is 1. The molecule has 8 atom stereocenters. The Morgan fingerprint density at radius 3 is 1.67 bits per heavy atom. The molecule has 8 heteroatoms. The molecule has 0 aromatic rings. The minimum atomic E-state index is -0.653. The first-order valence-corrected chi connectivity index (χ1v) is 17.7. The van der Waals surface area contributed by atoms with Gasteiger partial charge in [-0.1, -0.05) is 84.0 Å². The summed E-state index contributed by atoms with van der Waals surface area (Å²) in [5.74, 6) is -0.365. The summed E-state index contributed by atoms with van der Waals surface area (Å²) >= 11 is 0. The van der Waals surface area contributed by atoms with E-state index in [2.05, 4.69) is 6.92 Å². The van der Waals surface area contributed by atoms with Gasteiger partial charge >= 0.3 is 5.97 Å². The van der Waals surface area contributed by atoms with Gasteiger partial charge in [0.25, 0.3) is 0 Å². The van der Waals surface area contributed by atoms with Crippen molar-refractivity contribution in [3.63, 3.8) is 0 Å². The minimum Gasteiger partial charge on any atom is -0.455 e. The zero-order valence-corrected chi connectivity index (χ0v) is 27.2. The quantitative estimate of drug-likeness (QED) is 0.0590. The summed E-state index contributed by atoms with van der Waals surface area (Å²) in [7, 11) is 0. The van der Waals surface area contributed by atoms with E-state index in [1.165, 1.54) is 51.4 Å². The van der Waals surface area contributed by atoms with E-state index in [9.17, 15) is 30.3 Å². The summed E-state index contributed by atoms with van der Waals surface area (Å²) in [6.45, 7) is 4.03. The van der Waals surface area contributed by atoms with Crippen LogP contribution in [0.15, 0.2) is 11.6 Å². The van der Waals surface area contributed by atoms with Crippen LogP contribution in [0, 0.1) is 0 Å². The molecule has 8 nitrogen and oxygen atoms in total. The van der Waals surface area contributed by atoms with E-state index in [0.717, 1.165) is 44.9 Å². The molecule has 0 radical (unpaired) electrons. The van der Waals surface area contributed by atoms with Gasteiger partial charge in [0.2, 0.25) is 0 Å². The highest BCUT2D eigenvalue weighted by molar-refractivity contribution is 5.90. The Hall–Kier alpha value is -1.03. The Bertz CT molecular complexity index is 758. The van der Waals surface area contributed by atoms with E-state index in [4.69, 9.17) is 9.47 Å². The first-order valence-electron chi connectivity index (χ1n) is 17.7. The molecule has 2 aliphatic heterocycles. The summed E-state index contributed by atoms with van der Waals surface area (Å²) in [5, 5.41) is 52.0. The van der Waals surface area contributed by atoms with Gasteiger partial charge < -0.3 is 35.0 Å². The summed E-state index contributed by atoms with van der Waals surface area (Å²) in [5.41, 5.74) is 0.512. The number of rotatable bonds is 26. The fourth-order valence-corrected chi connectivity index (χ4v) is 6.48. The second-order valence-corrected chi connectivity index (χ2v) is 13.3. The van der Waals surface area contributed by atoms with Crippen LogP contribution in [0.3, 0.4) is 0 Å². The molecule has 1 fully saturated rings. The number of aliphatic hydroxyl groups is 5. The highest BCUT2D eigenvalue weighted by Crippen LogP contribution is 2.28. The number of aliphatic hydroxyl groups excluding tert-OH is 5. The van der Waals surface area contributed by atoms with E-state index >= 15 is 0 Å². The minimum absolute atomic E-state index is 0.178. The van der Waals surface area contributed by atoms with Gasteiger partial charge in [-0.15, -0.1) is 0 Å². The van der Waals surface area contributed by atoms with Gasteiger partial charge in [0, 0.05) is 12.0 Å². The monoisotopic (exact) mass is 612 g/mol. The third kappa shape index (κ3) is 16.7. The highest BCUT2D eigenvalue weighted by Gasteiger charge is 2.34. The fraction of sp³-hybridized carbons (Fsp3) is 0.914. The summed E-state index contributed by atoms with van der Waals surface area (Å²) in [6.07, 6.45) is 18.1. The standard InChI is InChI=1S/C35H64O8/c1-3-4-5-6-7-8-9-10-11-12-19-31(39)33-21-22-34(43-33)32(40)20-14-13-16-29(37)25-30(38)18-15-17-28(36)24-27-23-26(2)42-35(27)41/h23,26,28-34,36-40H,3-22,24-25H2,1-2H3/t26-,28+,29-,30+,31+,32+,33+,34+/m0/s1. The molecular weight excluding hydrogens is 548 g/mol. The maximum atomic E-state index is 11.7. The number of ether oxygens (including phenoxy) is 2. The predicted octanol–water partition coefficient (Wildman–Crippen LogP) is 6.03. The van der Waals surface area contributed by atoms with Crippen LogP contribution in [0.2, 0.25) is 0 Å². The molecule has 0 aromatic carbocycles. The molecule has 2 rings (SSSR count). The molecule has 0 spiro atoms. The van der Waals surface area contributed by atoms with Crippen molar-refractivity contribution in [3.05, 3.63) is 11.6 Å². The van der Waals surface area contributed by atoms with Crippen LogP contribution in [-0.4, -0.2) is 80.3 Å². The first-order chi connectivity index (χ1) is 20.7. The molecule has 0 amide bonds. The zero-order valence-electron chi connectivity index (χ0n) is 27.2. The van der Waals surface area contributed by atoms with E-state index in [-0.39, 0.29) is 37.1 Å². The van der Waals surface area contributed by atoms with E-state index in [1.54, 1.807) is 13.0 Å². The Labute approximate surface area is 261 Å². The van der Waals surface area contributed by atoms with Crippen molar-refractivity contribution < 1.29 is 39.8 Å². The van der Waals surface area contributed by atoms with Crippen LogP contribution in [0.25, 0.3) is 0 Å². The summed E-state index contributed by atoms with van der Waals surface area (Å²) < 4.78 is 11.1. The molecule has 0 unspecified atom stereocenters. The largest absolute Gasteiger partial charge is 0.455 e. The molecular formula is C35H64O8. The lowest BCUT2D eigenvalue weighted by Crippen LogP contribution is -2.31. The van der Waals surface area contributed by atoms with Crippen LogP contribution in [0.4, 0.5) is 0 Å². The number of hydrogen-bond acceptors (Lipinski definition) is 8. The molecule has 0 bridgehead atoms. The Kier molecular flexibility index (Phi) is 19.9. The predicted molar refractivity (Wildman–Crippen MR) is 170 cm³/mol. The van der Waals surface area contributed by atoms with E-state index < -0.39 is 30.5 Å². The molecule has 0 aromatic heterocycles. The maximum absolute atomic E-state index is 11.7. The number of unbranched alkanes of at least 4 members (excludes halogenated alkanes) is 10. The Balaban J connectivity index is 1.45. The van der Waals surface area contributed by atoms with Crippen molar-refractivity contribution >= 4 is 5.97 Å². The lowest BCUT2D eigenvalue weighted by atomic mass is 9.97. The fourth-order valence-electron chi connectivity index (χ4n) is 6.48. The molecule has 5 N–H and O–H groups in total. The summed E-state index contributed by atoms with van der Waals surface area (Å²) in [4.78, 5) is 11.7. The van der Waals surface area contributed by atoms with Gasteiger partial charge in [-0.05, 0) is 70.8 Å². The van der Waals surface area contributed by atoms with Crippen molar-refractivity contribution in [2.45, 2.75) is 204 Å². The molecule has 2 aliphatic rings. The SMILES string of the molecule is CCCCCCCCCCCC[C@@H](O)[C@H]1CC[C@H]([C@H](O)CCCC[C@H](O)C[C@H](O)CCC[C@@H](O)CC2=C[C@H](C)OC2=O)O1. The van der Waals surface area contributed by atoms with E-state index in [0.29, 0.717) is 37.7 Å². The smallest absolute Gasteiger partial charge is 0.334 e. The molecule has 0 aliphatic carbocycles. The zero-order chi connectivity index (χ0) is 31.5. The van der Waals surface area contributed by atoms with Gasteiger partial charge in [-0.25, -0.2) is 4.79 Å². The number of cyclic esters (lactones) is 1. The van der Waals surface area contributed by atoms with Crippen molar-refractivity contribution in [3.8, 4) is 0 Å². The maximum Gasteiger partial charge on any atom is 0.334 e. The highest BCUT2D eigenvalue weighted by atomic mass is 16.5. The second kappa shape index (κ2) is 22.5. The van der Waals surface area contributed by atoms with Crippen molar-refractivity contribution in [2.75, 3.05) is 0 Å². The normalized spacial score (nSPS) is 24.0. The van der Waals surface area contributed by atoms with Gasteiger partial charge in [-0.2, -0.15) is 0 Å². The third-order valence-electron chi connectivity index (χ3n) is 9.15. The lowest BCUT2D eigenvalue weighted by molar-refractivity contribution is -0.139. The second-order valence-electron chi connectivity index (χ2n) is 13.3. The number of esters is 1. The van der Waals surface area contributed by atoms with Crippen LogP contribution in [-0.2, 0) is 14.3 Å². The van der Waals surface area contributed by atoms with Crippen LogP contribution >= 0.6 is 0 Å².